The zero-order valence-electron chi connectivity index (χ0n) is 6.54. The lowest BCUT2D eigenvalue weighted by Gasteiger charge is -2.21. The van der Waals surface area contributed by atoms with Crippen LogP contribution in [0.3, 0.4) is 0 Å². The minimum atomic E-state index is -0.280. The Morgan fingerprint density at radius 2 is 2.62 bits per heavy atom. The second-order valence-electron chi connectivity index (χ2n) is 2.34. The van der Waals surface area contributed by atoms with Crippen molar-refractivity contribution in [3.05, 3.63) is 0 Å². The van der Waals surface area contributed by atoms with E-state index in [4.69, 9.17) is 1.37 Å². The average Bonchev–Trinajstić information content (AvgIpc) is 1.90. The van der Waals surface area contributed by atoms with Gasteiger partial charge >= 0.3 is 0 Å². The number of hydrogen-bond acceptors (Lipinski definition) is 1. The van der Waals surface area contributed by atoms with Gasteiger partial charge in [0.1, 0.15) is 0 Å². The highest BCUT2D eigenvalue weighted by atomic mass is 14.9. The molecule has 1 aliphatic rings. The molecule has 1 fully saturated rings. The Balaban J connectivity index is 2.37. The summed E-state index contributed by atoms with van der Waals surface area (Å²) in [5, 5.41) is 3.21. The van der Waals surface area contributed by atoms with Crippen LogP contribution in [-0.2, 0) is 0 Å². The smallest absolute Gasteiger partial charge is 0.0465 e. The molecule has 1 atom stereocenters. The van der Waals surface area contributed by atoms with Crippen molar-refractivity contribution in [2.45, 2.75) is 38.6 Å². The summed E-state index contributed by atoms with van der Waals surface area (Å²) in [6.45, 7) is 3.11. The Hall–Kier alpha value is -0.0400. The minimum Gasteiger partial charge on any atom is -0.314 e. The first kappa shape index (κ1) is 4.80. The highest BCUT2D eigenvalue weighted by Crippen LogP contribution is 2.08. The predicted molar refractivity (Wildman–Crippen MR) is 35.9 cm³/mol. The van der Waals surface area contributed by atoms with Crippen LogP contribution in [0.4, 0.5) is 0 Å². The Labute approximate surface area is 52.9 Å². The first-order valence-corrected chi connectivity index (χ1v) is 3.52. The van der Waals surface area contributed by atoms with Crippen LogP contribution in [0.15, 0.2) is 0 Å². The molecular weight excluding hydrogens is 98.1 g/mol. The summed E-state index contributed by atoms with van der Waals surface area (Å²) in [5.41, 5.74) is 0. The third kappa shape index (κ3) is 1.48. The van der Waals surface area contributed by atoms with Crippen molar-refractivity contribution < 1.29 is 1.37 Å². The fourth-order valence-corrected chi connectivity index (χ4v) is 1.12. The van der Waals surface area contributed by atoms with Crippen molar-refractivity contribution in [3.8, 4) is 0 Å². The van der Waals surface area contributed by atoms with E-state index in [-0.39, 0.29) is 6.02 Å². The van der Waals surface area contributed by atoms with Crippen LogP contribution in [0.1, 0.15) is 34.0 Å². The molecule has 1 aliphatic heterocycles. The summed E-state index contributed by atoms with van der Waals surface area (Å²) < 4.78 is 7.76. The molecule has 0 aromatic rings. The minimum absolute atomic E-state index is 0.280. The third-order valence-electron chi connectivity index (χ3n) is 1.71. The van der Waals surface area contributed by atoms with Crippen molar-refractivity contribution in [2.24, 2.45) is 0 Å². The van der Waals surface area contributed by atoms with E-state index in [0.717, 1.165) is 19.4 Å². The Morgan fingerprint density at radius 1 is 1.75 bits per heavy atom. The second kappa shape index (κ2) is 3.08. The van der Waals surface area contributed by atoms with Crippen molar-refractivity contribution in [3.63, 3.8) is 0 Å². The van der Waals surface area contributed by atoms with E-state index in [1.165, 1.54) is 12.8 Å². The largest absolute Gasteiger partial charge is 0.314 e. The van der Waals surface area contributed by atoms with Crippen LogP contribution >= 0.6 is 0 Å². The van der Waals surface area contributed by atoms with E-state index in [2.05, 4.69) is 12.2 Å². The van der Waals surface area contributed by atoms with E-state index < -0.39 is 0 Å². The van der Waals surface area contributed by atoms with Crippen molar-refractivity contribution >= 4 is 0 Å². The van der Waals surface area contributed by atoms with Crippen LogP contribution in [-0.4, -0.2) is 12.6 Å². The van der Waals surface area contributed by atoms with E-state index in [1.54, 1.807) is 0 Å². The van der Waals surface area contributed by atoms with Crippen LogP contribution in [0, 0.1) is 0 Å². The normalized spacial score (nSPS) is 41.4. The molecule has 48 valence electrons. The Morgan fingerprint density at radius 3 is 3.00 bits per heavy atom. The summed E-state index contributed by atoms with van der Waals surface area (Å²) in [5.74, 6) is 0. The Kier molecular flexibility index (Phi) is 1.85. The molecule has 1 nitrogen and oxygen atoms in total. The van der Waals surface area contributed by atoms with E-state index in [0.29, 0.717) is 0 Å². The van der Waals surface area contributed by atoms with Gasteiger partial charge in [0.2, 0.25) is 0 Å². The molecule has 0 saturated carbocycles. The van der Waals surface area contributed by atoms with E-state index in [1.807, 2.05) is 0 Å². The molecule has 0 spiro atoms. The van der Waals surface area contributed by atoms with E-state index >= 15 is 0 Å². The first-order chi connectivity index (χ1) is 4.27. The third-order valence-corrected chi connectivity index (χ3v) is 1.71. The van der Waals surface area contributed by atoms with Crippen LogP contribution in [0.25, 0.3) is 0 Å². The molecule has 1 rings (SSSR count). The lowest BCUT2D eigenvalue weighted by molar-refractivity contribution is 0.393. The first-order valence-electron chi connectivity index (χ1n) is 4.02. The summed E-state index contributed by atoms with van der Waals surface area (Å²) in [6, 6.07) is -0.280. The second-order valence-corrected chi connectivity index (χ2v) is 2.34. The Bertz CT molecular complexity index is 86.9. The lowest BCUT2D eigenvalue weighted by atomic mass is 10.0. The van der Waals surface area contributed by atoms with Gasteiger partial charge in [-0.05, 0) is 25.8 Å². The van der Waals surface area contributed by atoms with Gasteiger partial charge in [-0.2, -0.15) is 0 Å². The molecule has 0 aromatic carbocycles. The molecular formula is C7H15N. The molecule has 8 heavy (non-hydrogen) atoms. The number of nitrogens with one attached hydrogen (secondary N) is 1. The van der Waals surface area contributed by atoms with Gasteiger partial charge in [-0.15, -0.1) is 0 Å². The van der Waals surface area contributed by atoms with Gasteiger partial charge in [-0.1, -0.05) is 13.3 Å². The monoisotopic (exact) mass is 115 g/mol. The van der Waals surface area contributed by atoms with Gasteiger partial charge in [0.05, 0.1) is 0 Å². The van der Waals surface area contributed by atoms with Gasteiger partial charge < -0.3 is 5.32 Å². The van der Waals surface area contributed by atoms with Crippen molar-refractivity contribution in [1.29, 1.82) is 0 Å². The SMILES string of the molecule is [3H]C1(CC)CCCCN1. The zero-order valence-corrected chi connectivity index (χ0v) is 5.54. The number of hydrogen-bond donors (Lipinski definition) is 1. The lowest BCUT2D eigenvalue weighted by Crippen LogP contribution is -2.32. The fraction of sp³-hybridized carbons (Fsp3) is 1.00. The molecule has 0 aliphatic carbocycles. The summed E-state index contributed by atoms with van der Waals surface area (Å²) in [7, 11) is 0. The molecule has 1 heteroatoms. The number of rotatable bonds is 1. The average molecular weight is 115 g/mol. The molecule has 0 bridgehead atoms. The quantitative estimate of drug-likeness (QED) is 0.546. The maximum absolute atomic E-state index is 7.76. The standard InChI is InChI=1S/C7H15N/c1-2-7-5-3-4-6-8-7/h7-8H,2-6H2,1H3/i7T. The van der Waals surface area contributed by atoms with E-state index in [9.17, 15) is 0 Å². The molecule has 0 amide bonds. The summed E-state index contributed by atoms with van der Waals surface area (Å²) in [4.78, 5) is 0. The van der Waals surface area contributed by atoms with Gasteiger partial charge in [-0.25, -0.2) is 0 Å². The maximum atomic E-state index is 7.76. The van der Waals surface area contributed by atoms with Gasteiger partial charge in [0.25, 0.3) is 0 Å². The van der Waals surface area contributed by atoms with Crippen molar-refractivity contribution in [1.82, 2.24) is 5.32 Å². The van der Waals surface area contributed by atoms with Crippen LogP contribution in [0.2, 0.25) is 0 Å². The predicted octanol–water partition coefficient (Wildman–Crippen LogP) is 1.54. The van der Waals surface area contributed by atoms with Crippen LogP contribution in [0.5, 0.6) is 0 Å². The van der Waals surface area contributed by atoms with Gasteiger partial charge in [0, 0.05) is 7.39 Å². The highest BCUT2D eigenvalue weighted by Gasteiger charge is 2.08. The number of piperidine rings is 1. The molecule has 1 heterocycles. The molecule has 1 saturated heterocycles. The van der Waals surface area contributed by atoms with Gasteiger partial charge in [0.15, 0.2) is 0 Å². The fourth-order valence-electron chi connectivity index (χ4n) is 1.12. The molecule has 0 radical (unpaired) electrons. The summed E-state index contributed by atoms with van der Waals surface area (Å²) >= 11 is 0. The topological polar surface area (TPSA) is 12.0 Å². The van der Waals surface area contributed by atoms with Crippen molar-refractivity contribution in [2.75, 3.05) is 6.54 Å². The zero-order chi connectivity index (χ0) is 6.74. The summed E-state index contributed by atoms with van der Waals surface area (Å²) in [6.07, 6.45) is 4.45. The van der Waals surface area contributed by atoms with Crippen LogP contribution < -0.4 is 5.32 Å². The molecule has 1 N–H and O–H groups in total. The maximum Gasteiger partial charge on any atom is 0.0465 e. The molecule has 0 aromatic heterocycles. The molecule has 1 unspecified atom stereocenters. The van der Waals surface area contributed by atoms with Gasteiger partial charge in [-0.3, -0.25) is 0 Å². The highest BCUT2D eigenvalue weighted by molar-refractivity contribution is 4.69.